The van der Waals surface area contributed by atoms with E-state index in [1.54, 1.807) is 0 Å². The van der Waals surface area contributed by atoms with Gasteiger partial charge in [0.05, 0.1) is 23.6 Å². The molecule has 0 spiro atoms. The SMILES string of the molecule is Cc1ccccc1Cn1c(N2CCC(C(=O)N[C@@H](C)c3ccc4c(c3)OCCO4)CC2)nc2ccccc21. The summed E-state index contributed by atoms with van der Waals surface area (Å²) < 4.78 is 13.7. The molecule has 1 N–H and O–H groups in total. The number of ether oxygens (including phenoxy) is 2. The molecule has 7 nitrogen and oxygen atoms in total. The minimum atomic E-state index is -0.102. The maximum atomic E-state index is 13.2. The highest BCUT2D eigenvalue weighted by atomic mass is 16.6. The highest BCUT2D eigenvalue weighted by Gasteiger charge is 2.29. The number of amides is 1. The maximum absolute atomic E-state index is 13.2. The number of nitrogens with zero attached hydrogens (tertiary/aromatic N) is 3. The van der Waals surface area contributed by atoms with Crippen molar-refractivity contribution in [1.29, 1.82) is 0 Å². The van der Waals surface area contributed by atoms with Crippen LogP contribution in [0.15, 0.2) is 66.7 Å². The molecule has 6 rings (SSSR count). The lowest BCUT2D eigenvalue weighted by Crippen LogP contribution is -2.42. The fourth-order valence-corrected chi connectivity index (χ4v) is 5.50. The molecule has 1 atom stereocenters. The molecule has 2 aliphatic rings. The minimum Gasteiger partial charge on any atom is -0.486 e. The van der Waals surface area contributed by atoms with Gasteiger partial charge in [0.1, 0.15) is 13.2 Å². The number of hydrogen-bond acceptors (Lipinski definition) is 5. The third-order valence-corrected chi connectivity index (χ3v) is 7.80. The Morgan fingerprint density at radius 3 is 2.55 bits per heavy atom. The molecule has 1 aromatic heterocycles. The van der Waals surface area contributed by atoms with Crippen LogP contribution in [0.2, 0.25) is 0 Å². The van der Waals surface area contributed by atoms with Crippen molar-refractivity contribution >= 4 is 22.9 Å². The van der Waals surface area contributed by atoms with E-state index in [1.165, 1.54) is 11.1 Å². The average Bonchev–Trinajstić information content (AvgIpc) is 3.32. The van der Waals surface area contributed by atoms with Crippen LogP contribution in [0.5, 0.6) is 11.5 Å². The zero-order valence-electron chi connectivity index (χ0n) is 22.0. The number of para-hydroxylation sites is 2. The lowest BCUT2D eigenvalue weighted by molar-refractivity contribution is -0.126. The van der Waals surface area contributed by atoms with Crippen LogP contribution in [0.4, 0.5) is 5.95 Å². The average molecular weight is 511 g/mol. The third-order valence-electron chi connectivity index (χ3n) is 7.80. The molecule has 0 radical (unpaired) electrons. The predicted octanol–water partition coefficient (Wildman–Crippen LogP) is 5.26. The normalized spacial score (nSPS) is 16.4. The van der Waals surface area contributed by atoms with E-state index in [0.717, 1.165) is 66.5 Å². The van der Waals surface area contributed by atoms with Gasteiger partial charge in [-0.1, -0.05) is 42.5 Å². The zero-order valence-corrected chi connectivity index (χ0v) is 22.0. The quantitative estimate of drug-likeness (QED) is 0.383. The van der Waals surface area contributed by atoms with E-state index in [4.69, 9.17) is 14.5 Å². The molecule has 0 unspecified atom stereocenters. The van der Waals surface area contributed by atoms with Crippen LogP contribution in [0.25, 0.3) is 11.0 Å². The molecule has 3 aromatic carbocycles. The summed E-state index contributed by atoms with van der Waals surface area (Å²) in [4.78, 5) is 20.6. The molecule has 1 fully saturated rings. The number of carbonyl (C=O) groups excluding carboxylic acids is 1. The van der Waals surface area contributed by atoms with E-state index >= 15 is 0 Å². The minimum absolute atomic E-state index is 0.0138. The molecule has 1 saturated heterocycles. The van der Waals surface area contributed by atoms with Gasteiger partial charge in [-0.2, -0.15) is 0 Å². The Bertz CT molecular complexity index is 1450. The molecule has 3 heterocycles. The first-order valence-electron chi connectivity index (χ1n) is 13.5. The molecule has 2 aliphatic heterocycles. The van der Waals surface area contributed by atoms with E-state index in [1.807, 2.05) is 31.2 Å². The zero-order chi connectivity index (χ0) is 26.1. The fourth-order valence-electron chi connectivity index (χ4n) is 5.50. The van der Waals surface area contributed by atoms with Crippen molar-refractivity contribution in [3.05, 3.63) is 83.4 Å². The maximum Gasteiger partial charge on any atom is 0.223 e. The molecule has 0 aliphatic carbocycles. The van der Waals surface area contributed by atoms with Crippen molar-refractivity contribution in [3.63, 3.8) is 0 Å². The topological polar surface area (TPSA) is 68.6 Å². The van der Waals surface area contributed by atoms with Gasteiger partial charge < -0.3 is 24.3 Å². The largest absolute Gasteiger partial charge is 0.486 e. The van der Waals surface area contributed by atoms with E-state index in [-0.39, 0.29) is 17.9 Å². The first-order chi connectivity index (χ1) is 18.6. The van der Waals surface area contributed by atoms with E-state index in [0.29, 0.717) is 13.2 Å². The number of piperidine rings is 1. The lowest BCUT2D eigenvalue weighted by atomic mass is 9.95. The smallest absolute Gasteiger partial charge is 0.223 e. The fraction of sp³-hybridized carbons (Fsp3) is 0.355. The Morgan fingerprint density at radius 1 is 1.00 bits per heavy atom. The van der Waals surface area contributed by atoms with Gasteiger partial charge in [-0.3, -0.25) is 4.79 Å². The number of hydrogen-bond donors (Lipinski definition) is 1. The second kappa shape index (κ2) is 10.4. The van der Waals surface area contributed by atoms with Crippen LogP contribution in [-0.4, -0.2) is 41.8 Å². The number of benzene rings is 3. The van der Waals surface area contributed by atoms with Crippen LogP contribution in [-0.2, 0) is 11.3 Å². The number of aromatic nitrogens is 2. The first-order valence-corrected chi connectivity index (χ1v) is 13.5. The van der Waals surface area contributed by atoms with E-state index < -0.39 is 0 Å². The van der Waals surface area contributed by atoms with Crippen LogP contribution >= 0.6 is 0 Å². The second-order valence-electron chi connectivity index (χ2n) is 10.3. The second-order valence-corrected chi connectivity index (χ2v) is 10.3. The van der Waals surface area contributed by atoms with Crippen LogP contribution in [0.3, 0.4) is 0 Å². The molecule has 196 valence electrons. The molecule has 7 heteroatoms. The van der Waals surface area contributed by atoms with Crippen LogP contribution in [0.1, 0.15) is 42.5 Å². The summed E-state index contributed by atoms with van der Waals surface area (Å²) in [6.07, 6.45) is 1.60. The third kappa shape index (κ3) is 4.80. The molecular formula is C31H34N4O3. The molecule has 0 saturated carbocycles. The molecule has 38 heavy (non-hydrogen) atoms. The van der Waals surface area contributed by atoms with Crippen molar-refractivity contribution in [2.45, 2.75) is 39.3 Å². The lowest BCUT2D eigenvalue weighted by Gasteiger charge is -2.33. The Balaban J connectivity index is 1.14. The summed E-state index contributed by atoms with van der Waals surface area (Å²) in [5, 5.41) is 3.22. The Hall–Kier alpha value is -4.00. The number of nitrogens with one attached hydrogen (secondary N) is 1. The summed E-state index contributed by atoms with van der Waals surface area (Å²) in [7, 11) is 0. The van der Waals surface area contributed by atoms with Crippen LogP contribution in [0, 0.1) is 12.8 Å². The van der Waals surface area contributed by atoms with Gasteiger partial charge >= 0.3 is 0 Å². The van der Waals surface area contributed by atoms with Gasteiger partial charge in [0.15, 0.2) is 11.5 Å². The van der Waals surface area contributed by atoms with Gasteiger partial charge in [0.25, 0.3) is 0 Å². The molecule has 4 aromatic rings. The Morgan fingerprint density at radius 2 is 1.74 bits per heavy atom. The number of imidazole rings is 1. The van der Waals surface area contributed by atoms with Crippen molar-refractivity contribution in [1.82, 2.24) is 14.9 Å². The summed E-state index contributed by atoms with van der Waals surface area (Å²) in [6, 6.07) is 22.6. The summed E-state index contributed by atoms with van der Waals surface area (Å²) in [5.74, 6) is 2.59. The summed E-state index contributed by atoms with van der Waals surface area (Å²) in [5.41, 5.74) is 5.73. The number of aryl methyl sites for hydroxylation is 1. The standard InChI is InChI=1S/C31H34N4O3/c1-21-7-3-4-8-25(21)20-35-27-10-6-5-9-26(27)33-31(35)34-15-13-23(14-16-34)30(36)32-22(2)24-11-12-28-29(19-24)38-18-17-37-28/h3-12,19,22-23H,13-18,20H2,1-2H3,(H,32,36)/t22-/m0/s1. The van der Waals surface area contributed by atoms with Gasteiger partial charge in [-0.25, -0.2) is 4.98 Å². The van der Waals surface area contributed by atoms with Gasteiger partial charge in [-0.15, -0.1) is 0 Å². The monoisotopic (exact) mass is 510 g/mol. The van der Waals surface area contributed by atoms with Gasteiger partial charge in [0, 0.05) is 19.0 Å². The number of rotatable bonds is 6. The first kappa shape index (κ1) is 24.3. The molecule has 1 amide bonds. The number of fused-ring (bicyclic) bond motifs is 2. The van der Waals surface area contributed by atoms with E-state index in [9.17, 15) is 4.79 Å². The van der Waals surface area contributed by atoms with Crippen molar-refractivity contribution in [3.8, 4) is 11.5 Å². The van der Waals surface area contributed by atoms with Crippen molar-refractivity contribution in [2.24, 2.45) is 5.92 Å². The van der Waals surface area contributed by atoms with Crippen molar-refractivity contribution in [2.75, 3.05) is 31.2 Å². The Kier molecular flexibility index (Phi) is 6.66. The summed E-state index contributed by atoms with van der Waals surface area (Å²) in [6.45, 7) is 7.67. The van der Waals surface area contributed by atoms with Gasteiger partial charge in [0.2, 0.25) is 11.9 Å². The summed E-state index contributed by atoms with van der Waals surface area (Å²) >= 11 is 0. The highest BCUT2D eigenvalue weighted by Crippen LogP contribution is 2.33. The van der Waals surface area contributed by atoms with Crippen molar-refractivity contribution < 1.29 is 14.3 Å². The number of carbonyl (C=O) groups is 1. The molecular weight excluding hydrogens is 476 g/mol. The van der Waals surface area contributed by atoms with Crippen LogP contribution < -0.4 is 19.7 Å². The predicted molar refractivity (Wildman–Crippen MR) is 149 cm³/mol. The Labute approximate surface area is 223 Å². The number of anilines is 1. The molecule has 0 bridgehead atoms. The highest BCUT2D eigenvalue weighted by molar-refractivity contribution is 5.80. The van der Waals surface area contributed by atoms with Gasteiger partial charge in [-0.05, 0) is 67.6 Å². The van der Waals surface area contributed by atoms with E-state index in [2.05, 4.69) is 64.2 Å².